The zero-order valence-corrected chi connectivity index (χ0v) is 33.6. The third-order valence-electron chi connectivity index (χ3n) is 11.5. The molecule has 3 aromatic rings. The van der Waals surface area contributed by atoms with Crippen molar-refractivity contribution in [2.45, 2.75) is 122 Å². The zero-order valence-electron chi connectivity index (χ0n) is 33.6. The van der Waals surface area contributed by atoms with Crippen molar-refractivity contribution in [3.05, 3.63) is 95.1 Å². The minimum atomic E-state index is -0.651. The quantitative estimate of drug-likeness (QED) is 0.146. The van der Waals surface area contributed by atoms with Crippen molar-refractivity contribution in [3.63, 3.8) is 0 Å². The Balaban J connectivity index is 1.24. The number of carbonyl (C=O) groups is 3. The van der Waals surface area contributed by atoms with Gasteiger partial charge in [0.1, 0.15) is 6.54 Å². The molecule has 6 rings (SSSR count). The maximum atomic E-state index is 13.9. The molecule has 3 aromatic carbocycles. The Morgan fingerprint density at radius 3 is 2.30 bits per heavy atom. The molecular weight excluding hydrogens is 709 g/mol. The van der Waals surface area contributed by atoms with Crippen molar-refractivity contribution in [1.29, 1.82) is 0 Å². The number of ether oxygens (including phenoxy) is 3. The first-order valence-electron chi connectivity index (χ1n) is 20.4. The Morgan fingerprint density at radius 1 is 0.875 bits per heavy atom. The molecule has 0 bridgehead atoms. The van der Waals surface area contributed by atoms with Crippen molar-refractivity contribution in [2.75, 3.05) is 19.7 Å². The summed E-state index contributed by atoms with van der Waals surface area (Å²) in [4.78, 5) is 40.5. The summed E-state index contributed by atoms with van der Waals surface area (Å²) in [5, 5.41) is 18.4. The molecule has 7 unspecified atom stereocenters. The van der Waals surface area contributed by atoms with Gasteiger partial charge in [-0.25, -0.2) is 4.79 Å². The standard InChI is InChI=1S/C45H60N4O7/c1-6-54-40(51)26-47-44(53)46-25-35-12-7-9-13-36(35)31-19-21-34(22-20-31)43-55-39(29(2)41(56-43)33-17-15-30(28-50)16-18-33)27-49-37-14-10-8-11-32(37)23-24-38(49)42(52)48-45(3,4)5/h7,9,12-13,15-22,29,32,37-39,41,43,50H,6,8,10-11,14,23-28H2,1-5H3,(H,48,52)(H2,46,47,53). The van der Waals surface area contributed by atoms with Gasteiger partial charge in [0, 0.05) is 36.2 Å². The summed E-state index contributed by atoms with van der Waals surface area (Å²) in [7, 11) is 0. The topological polar surface area (TPSA) is 138 Å². The lowest BCUT2D eigenvalue weighted by molar-refractivity contribution is -0.278. The fourth-order valence-electron chi connectivity index (χ4n) is 8.64. The summed E-state index contributed by atoms with van der Waals surface area (Å²) in [5.74, 6) is 0.171. The molecule has 56 heavy (non-hydrogen) atoms. The van der Waals surface area contributed by atoms with Gasteiger partial charge in [0.05, 0.1) is 31.5 Å². The molecule has 4 N–H and O–H groups in total. The number of nitrogens with one attached hydrogen (secondary N) is 3. The smallest absolute Gasteiger partial charge is 0.325 e. The number of benzene rings is 3. The van der Waals surface area contributed by atoms with Gasteiger partial charge in [0.15, 0.2) is 6.29 Å². The largest absolute Gasteiger partial charge is 0.465 e. The molecule has 0 radical (unpaired) electrons. The number of carbonyl (C=O) groups excluding carboxylic acids is 3. The van der Waals surface area contributed by atoms with Crippen LogP contribution in [0.25, 0.3) is 11.1 Å². The number of aliphatic hydroxyl groups is 1. The lowest BCUT2D eigenvalue weighted by Crippen LogP contribution is -2.61. The molecule has 2 heterocycles. The van der Waals surface area contributed by atoms with Crippen molar-refractivity contribution in [2.24, 2.45) is 11.8 Å². The zero-order chi connectivity index (χ0) is 39.8. The van der Waals surface area contributed by atoms with E-state index < -0.39 is 18.3 Å². The summed E-state index contributed by atoms with van der Waals surface area (Å²) in [6, 6.07) is 23.7. The van der Waals surface area contributed by atoms with Gasteiger partial charge in [-0.3, -0.25) is 14.5 Å². The van der Waals surface area contributed by atoms with E-state index in [4.69, 9.17) is 14.2 Å². The van der Waals surface area contributed by atoms with Crippen molar-refractivity contribution in [3.8, 4) is 11.1 Å². The molecule has 2 saturated heterocycles. The van der Waals surface area contributed by atoms with Crippen LogP contribution in [0.5, 0.6) is 0 Å². The van der Waals surface area contributed by atoms with Crippen LogP contribution in [-0.2, 0) is 37.0 Å². The van der Waals surface area contributed by atoms with Gasteiger partial charge in [-0.05, 0) is 87.1 Å². The third kappa shape index (κ3) is 10.4. The van der Waals surface area contributed by atoms with Gasteiger partial charge in [-0.2, -0.15) is 0 Å². The van der Waals surface area contributed by atoms with Crippen LogP contribution in [0.4, 0.5) is 4.79 Å². The molecule has 0 spiro atoms. The molecule has 3 fully saturated rings. The fourth-order valence-corrected chi connectivity index (χ4v) is 8.64. The minimum absolute atomic E-state index is 0.0188. The maximum Gasteiger partial charge on any atom is 0.325 e. The highest BCUT2D eigenvalue weighted by Gasteiger charge is 2.46. The molecule has 0 aromatic heterocycles. The molecule has 7 atom stereocenters. The maximum absolute atomic E-state index is 13.9. The van der Waals surface area contributed by atoms with Crippen LogP contribution in [0, 0.1) is 11.8 Å². The highest BCUT2D eigenvalue weighted by Crippen LogP contribution is 2.44. The highest BCUT2D eigenvalue weighted by atomic mass is 16.7. The third-order valence-corrected chi connectivity index (χ3v) is 11.5. The van der Waals surface area contributed by atoms with Crippen molar-refractivity contribution < 1.29 is 33.7 Å². The minimum Gasteiger partial charge on any atom is -0.465 e. The average Bonchev–Trinajstić information content (AvgIpc) is 3.19. The Kier molecular flexibility index (Phi) is 13.9. The van der Waals surface area contributed by atoms with Crippen LogP contribution in [0.15, 0.2) is 72.8 Å². The van der Waals surface area contributed by atoms with Crippen LogP contribution >= 0.6 is 0 Å². The first-order valence-corrected chi connectivity index (χ1v) is 20.4. The monoisotopic (exact) mass is 768 g/mol. The van der Waals surface area contributed by atoms with Crippen molar-refractivity contribution >= 4 is 17.9 Å². The predicted molar refractivity (Wildman–Crippen MR) is 215 cm³/mol. The highest BCUT2D eigenvalue weighted by molar-refractivity contribution is 5.82. The molecule has 1 aliphatic carbocycles. The Bertz CT molecular complexity index is 1780. The summed E-state index contributed by atoms with van der Waals surface area (Å²) in [5.41, 5.74) is 5.28. The van der Waals surface area contributed by atoms with E-state index in [1.807, 2.05) is 93.6 Å². The van der Waals surface area contributed by atoms with E-state index in [-0.39, 0.29) is 61.9 Å². The Morgan fingerprint density at radius 2 is 1.59 bits per heavy atom. The van der Waals surface area contributed by atoms with E-state index in [0.717, 1.165) is 52.6 Å². The summed E-state index contributed by atoms with van der Waals surface area (Å²) >= 11 is 0. The number of fused-ring (bicyclic) bond motifs is 1. The normalized spacial score (nSPS) is 25.4. The fraction of sp³-hybridized carbons (Fsp3) is 0.533. The van der Waals surface area contributed by atoms with Gasteiger partial charge in [0.25, 0.3) is 0 Å². The second kappa shape index (κ2) is 18.8. The molecule has 302 valence electrons. The number of likely N-dealkylation sites (tertiary alicyclic amines) is 1. The number of amides is 3. The summed E-state index contributed by atoms with van der Waals surface area (Å²) in [6.07, 6.45) is 5.48. The van der Waals surface area contributed by atoms with E-state index >= 15 is 0 Å². The van der Waals surface area contributed by atoms with Crippen LogP contribution in [0.2, 0.25) is 0 Å². The Labute approximate surface area is 331 Å². The number of aliphatic hydroxyl groups excluding tert-OH is 1. The van der Waals surface area contributed by atoms with E-state index in [2.05, 4.69) is 27.8 Å². The first kappa shape index (κ1) is 41.3. The van der Waals surface area contributed by atoms with E-state index in [0.29, 0.717) is 18.5 Å². The van der Waals surface area contributed by atoms with Gasteiger partial charge < -0.3 is 35.3 Å². The van der Waals surface area contributed by atoms with Gasteiger partial charge in [-0.1, -0.05) is 92.6 Å². The number of nitrogens with zero attached hydrogens (tertiary/aromatic N) is 1. The summed E-state index contributed by atoms with van der Waals surface area (Å²) < 4.78 is 18.7. The van der Waals surface area contributed by atoms with Gasteiger partial charge in [-0.15, -0.1) is 0 Å². The van der Waals surface area contributed by atoms with E-state index in [9.17, 15) is 19.5 Å². The molecule has 2 aliphatic heterocycles. The number of piperidine rings is 1. The van der Waals surface area contributed by atoms with Crippen LogP contribution in [0.3, 0.4) is 0 Å². The van der Waals surface area contributed by atoms with Gasteiger partial charge >= 0.3 is 12.0 Å². The molecular formula is C45H60N4O7. The van der Waals surface area contributed by atoms with E-state index in [1.54, 1.807) is 6.92 Å². The second-order valence-corrected chi connectivity index (χ2v) is 16.6. The number of esters is 1. The number of rotatable bonds is 12. The molecule has 1 saturated carbocycles. The molecule has 3 aliphatic rings. The van der Waals surface area contributed by atoms with Gasteiger partial charge in [0.2, 0.25) is 5.91 Å². The van der Waals surface area contributed by atoms with Crippen LogP contribution in [-0.4, -0.2) is 71.3 Å². The van der Waals surface area contributed by atoms with E-state index in [1.165, 1.54) is 19.3 Å². The number of hydrogen-bond donors (Lipinski definition) is 4. The first-order chi connectivity index (χ1) is 26.9. The van der Waals surface area contributed by atoms with Crippen molar-refractivity contribution in [1.82, 2.24) is 20.9 Å². The molecule has 11 nitrogen and oxygen atoms in total. The summed E-state index contributed by atoms with van der Waals surface area (Å²) in [6.45, 7) is 10.9. The number of urea groups is 1. The number of hydrogen-bond acceptors (Lipinski definition) is 8. The molecule has 11 heteroatoms. The lowest BCUT2D eigenvalue weighted by Gasteiger charge is -2.51. The Hall–Kier alpha value is -4.29. The second-order valence-electron chi connectivity index (χ2n) is 16.6. The SMILES string of the molecule is CCOC(=O)CNC(=O)NCc1ccccc1-c1ccc(C2OC(CN3C(C(=O)NC(C)(C)C)CCC4CCCCC43)C(C)C(c3ccc(CO)cc3)O2)cc1. The molecule has 3 amide bonds. The lowest BCUT2D eigenvalue weighted by atomic mass is 9.75. The van der Waals surface area contributed by atoms with Crippen LogP contribution in [0.1, 0.15) is 108 Å². The predicted octanol–water partition coefficient (Wildman–Crippen LogP) is 6.94. The van der Waals surface area contributed by atoms with Crippen LogP contribution < -0.4 is 16.0 Å². The average molecular weight is 769 g/mol.